The summed E-state index contributed by atoms with van der Waals surface area (Å²) in [6, 6.07) is 17.8. The maximum absolute atomic E-state index is 9.77. The fraction of sp³-hybridized carbons (Fsp3) is 0.143. The number of rotatable bonds is 5. The van der Waals surface area contributed by atoms with Crippen LogP contribution in [0.1, 0.15) is 18.1 Å². The van der Waals surface area contributed by atoms with Crippen LogP contribution in [0.25, 0.3) is 16.8 Å². The average Bonchev–Trinajstić information content (AvgIpc) is 3.02. The fourth-order valence-corrected chi connectivity index (χ4v) is 2.77. The van der Waals surface area contributed by atoms with Gasteiger partial charge in [-0.05, 0) is 43.7 Å². The van der Waals surface area contributed by atoms with E-state index in [0.29, 0.717) is 23.0 Å². The van der Waals surface area contributed by atoms with Crippen molar-refractivity contribution in [1.29, 1.82) is 5.26 Å². The van der Waals surface area contributed by atoms with E-state index in [1.807, 2.05) is 73.1 Å². The second-order valence-electron chi connectivity index (χ2n) is 5.76. The van der Waals surface area contributed by atoms with Gasteiger partial charge in [0.2, 0.25) is 0 Å². The Morgan fingerprint density at radius 2 is 1.85 bits per heavy atom. The summed E-state index contributed by atoms with van der Waals surface area (Å²) in [5, 5.41) is 10.4. The van der Waals surface area contributed by atoms with Crippen LogP contribution in [0.4, 0.5) is 5.82 Å². The van der Waals surface area contributed by atoms with E-state index in [9.17, 15) is 5.26 Å². The van der Waals surface area contributed by atoms with Crippen LogP contribution < -0.4 is 0 Å². The minimum Gasteiger partial charge on any atom is -0.483 e. The number of aromatic nitrogens is 1. The Balaban J connectivity index is 2.20. The molecule has 130 valence electrons. The van der Waals surface area contributed by atoms with Gasteiger partial charge in [0, 0.05) is 22.5 Å². The van der Waals surface area contributed by atoms with Crippen LogP contribution in [0.5, 0.6) is 0 Å². The molecule has 0 atom stereocenters. The first-order valence-electron chi connectivity index (χ1n) is 8.26. The zero-order valence-corrected chi connectivity index (χ0v) is 15.4. The van der Waals surface area contributed by atoms with Gasteiger partial charge in [0.1, 0.15) is 11.6 Å². The number of aliphatic imine (C=N–C) groups is 1. The smallest absolute Gasteiger partial charge is 0.176 e. The van der Waals surface area contributed by atoms with Crippen LogP contribution in [-0.2, 0) is 4.74 Å². The predicted octanol–water partition coefficient (Wildman–Crippen LogP) is 5.67. The number of nitriles is 1. The molecule has 0 saturated carbocycles. The van der Waals surface area contributed by atoms with E-state index >= 15 is 0 Å². The maximum Gasteiger partial charge on any atom is 0.176 e. The van der Waals surface area contributed by atoms with Gasteiger partial charge in [0.15, 0.2) is 12.2 Å². The average molecular weight is 364 g/mol. The number of hydrogen-bond donors (Lipinski definition) is 0. The highest BCUT2D eigenvalue weighted by atomic mass is 35.5. The Hall–Kier alpha value is -3.03. The third-order valence-corrected chi connectivity index (χ3v) is 4.23. The molecule has 2 aromatic carbocycles. The summed E-state index contributed by atoms with van der Waals surface area (Å²) >= 11 is 5.99. The lowest BCUT2D eigenvalue weighted by Crippen LogP contribution is -1.93. The number of hydrogen-bond acceptors (Lipinski definition) is 3. The molecule has 0 amide bonds. The van der Waals surface area contributed by atoms with Gasteiger partial charge in [-0.3, -0.25) is 4.57 Å². The van der Waals surface area contributed by atoms with Crippen molar-refractivity contribution in [1.82, 2.24) is 4.57 Å². The van der Waals surface area contributed by atoms with Crippen molar-refractivity contribution < 1.29 is 4.74 Å². The Bertz CT molecular complexity index is 964. The van der Waals surface area contributed by atoms with Crippen LogP contribution in [0.2, 0.25) is 5.02 Å². The van der Waals surface area contributed by atoms with Crippen molar-refractivity contribution >= 4 is 23.8 Å². The van der Waals surface area contributed by atoms with E-state index in [4.69, 9.17) is 16.3 Å². The van der Waals surface area contributed by atoms with Crippen molar-refractivity contribution in [3.63, 3.8) is 0 Å². The summed E-state index contributed by atoms with van der Waals surface area (Å²) in [6.45, 7) is 4.43. The monoisotopic (exact) mass is 363 g/mol. The lowest BCUT2D eigenvalue weighted by atomic mass is 10.1. The normalized spacial score (nSPS) is 10.8. The quantitative estimate of drug-likeness (QED) is 0.433. The molecule has 0 aliphatic heterocycles. The van der Waals surface area contributed by atoms with E-state index in [0.717, 1.165) is 16.8 Å². The molecule has 0 fully saturated rings. The van der Waals surface area contributed by atoms with E-state index in [1.165, 1.54) is 12.0 Å². The Morgan fingerprint density at radius 3 is 2.46 bits per heavy atom. The molecule has 0 saturated heterocycles. The molecule has 1 heterocycles. The van der Waals surface area contributed by atoms with E-state index < -0.39 is 0 Å². The van der Waals surface area contributed by atoms with Crippen molar-refractivity contribution in [3.8, 4) is 22.9 Å². The molecule has 0 spiro atoms. The standard InChI is InChI=1S/C21H18ClN3O/c1-3-26-14-24-21-19(12-23)20(16-6-8-17(22)9-7-16)13-25(21)18-10-4-15(2)5-11-18/h4-11,13-14H,3H2,1-2H3/b24-14-. The third kappa shape index (κ3) is 3.63. The highest BCUT2D eigenvalue weighted by Crippen LogP contribution is 2.35. The molecule has 0 N–H and O–H groups in total. The zero-order chi connectivity index (χ0) is 18.5. The molecule has 4 nitrogen and oxygen atoms in total. The third-order valence-electron chi connectivity index (χ3n) is 3.97. The molecule has 0 aliphatic carbocycles. The molecule has 3 aromatic rings. The minimum absolute atomic E-state index is 0.490. The van der Waals surface area contributed by atoms with Crippen molar-refractivity contribution in [2.45, 2.75) is 13.8 Å². The van der Waals surface area contributed by atoms with Crippen LogP contribution in [-0.4, -0.2) is 17.6 Å². The molecule has 5 heteroatoms. The number of aryl methyl sites for hydroxylation is 1. The second-order valence-corrected chi connectivity index (χ2v) is 6.19. The van der Waals surface area contributed by atoms with Gasteiger partial charge in [-0.1, -0.05) is 41.4 Å². The first-order chi connectivity index (χ1) is 12.6. The largest absolute Gasteiger partial charge is 0.483 e. The van der Waals surface area contributed by atoms with Crippen LogP contribution in [0, 0.1) is 18.3 Å². The molecular weight excluding hydrogens is 346 g/mol. The number of ether oxygens (including phenoxy) is 1. The van der Waals surface area contributed by atoms with Crippen molar-refractivity contribution in [2.75, 3.05) is 6.61 Å². The summed E-state index contributed by atoms with van der Waals surface area (Å²) in [7, 11) is 0. The van der Waals surface area contributed by atoms with Gasteiger partial charge in [0.25, 0.3) is 0 Å². The van der Waals surface area contributed by atoms with Crippen molar-refractivity contribution in [3.05, 3.63) is 70.9 Å². The minimum atomic E-state index is 0.490. The first-order valence-corrected chi connectivity index (χ1v) is 8.64. The van der Waals surface area contributed by atoms with Gasteiger partial charge >= 0.3 is 0 Å². The summed E-state index contributed by atoms with van der Waals surface area (Å²) in [5.41, 5.74) is 4.29. The lowest BCUT2D eigenvalue weighted by Gasteiger charge is -2.06. The Labute approximate surface area is 157 Å². The molecule has 0 unspecified atom stereocenters. The van der Waals surface area contributed by atoms with Crippen LogP contribution >= 0.6 is 11.6 Å². The van der Waals surface area contributed by atoms with Crippen LogP contribution in [0.15, 0.2) is 59.7 Å². The van der Waals surface area contributed by atoms with E-state index in [1.54, 1.807) is 0 Å². The van der Waals surface area contributed by atoms with Crippen LogP contribution in [0.3, 0.4) is 0 Å². The number of benzene rings is 2. The summed E-state index contributed by atoms with van der Waals surface area (Å²) in [6.07, 6.45) is 3.30. The van der Waals surface area contributed by atoms with Crippen molar-refractivity contribution in [2.24, 2.45) is 4.99 Å². The lowest BCUT2D eigenvalue weighted by molar-refractivity contribution is 0.344. The Morgan fingerprint density at radius 1 is 1.15 bits per heavy atom. The fourth-order valence-electron chi connectivity index (χ4n) is 2.64. The maximum atomic E-state index is 9.77. The van der Waals surface area contributed by atoms with E-state index in [2.05, 4.69) is 11.1 Å². The number of nitrogens with zero attached hydrogens (tertiary/aromatic N) is 3. The summed E-state index contributed by atoms with van der Waals surface area (Å²) in [5.74, 6) is 0.537. The molecule has 1 aromatic heterocycles. The Kier molecular flexibility index (Phi) is 5.40. The van der Waals surface area contributed by atoms with Gasteiger partial charge in [-0.2, -0.15) is 5.26 Å². The molecule has 0 radical (unpaired) electrons. The highest BCUT2D eigenvalue weighted by molar-refractivity contribution is 6.30. The molecule has 3 rings (SSSR count). The molecular formula is C21H18ClN3O. The molecule has 26 heavy (non-hydrogen) atoms. The summed E-state index contributed by atoms with van der Waals surface area (Å²) in [4.78, 5) is 4.40. The summed E-state index contributed by atoms with van der Waals surface area (Å²) < 4.78 is 7.15. The number of halogens is 1. The van der Waals surface area contributed by atoms with Gasteiger partial charge in [-0.15, -0.1) is 0 Å². The van der Waals surface area contributed by atoms with E-state index in [-0.39, 0.29) is 0 Å². The molecule has 0 bridgehead atoms. The van der Waals surface area contributed by atoms with Gasteiger partial charge in [-0.25, -0.2) is 4.99 Å². The predicted molar refractivity (Wildman–Crippen MR) is 105 cm³/mol. The topological polar surface area (TPSA) is 50.3 Å². The SMILES string of the molecule is CCO/C=N\c1c(C#N)c(-c2ccc(Cl)cc2)cn1-c1ccc(C)cc1. The zero-order valence-electron chi connectivity index (χ0n) is 14.6. The van der Waals surface area contributed by atoms with Gasteiger partial charge in [0.05, 0.1) is 6.61 Å². The highest BCUT2D eigenvalue weighted by Gasteiger charge is 2.18. The molecule has 0 aliphatic rings. The van der Waals surface area contributed by atoms with Gasteiger partial charge < -0.3 is 4.74 Å². The first kappa shape index (κ1) is 17.8. The second kappa shape index (κ2) is 7.90.